The number of carboxylic acids is 1. The number of H-pyrrole nitrogens is 1. The molecule has 0 radical (unpaired) electrons. The molecule has 1 saturated heterocycles. The van der Waals surface area contributed by atoms with Gasteiger partial charge in [0.1, 0.15) is 29.2 Å². The van der Waals surface area contributed by atoms with Crippen LogP contribution >= 0.6 is 0 Å². The number of carboxylic acid groups (broad SMARTS) is 1. The van der Waals surface area contributed by atoms with Crippen molar-refractivity contribution in [2.24, 2.45) is 5.41 Å². The summed E-state index contributed by atoms with van der Waals surface area (Å²) in [6.45, 7) is 7.74. The Labute approximate surface area is 275 Å². The fraction of sp³-hybridized carbons (Fsp3) is 0.500. The molecule has 1 aliphatic rings. The number of hydrogen-bond acceptors (Lipinski definition) is 11. The molecule has 0 amide bonds. The van der Waals surface area contributed by atoms with Crippen LogP contribution in [0, 0.1) is 5.41 Å². The molecule has 0 spiro atoms. The number of nitrogens with zero attached hydrogens (tertiary/aromatic N) is 7. The van der Waals surface area contributed by atoms with Gasteiger partial charge in [0.2, 0.25) is 5.88 Å². The number of nitrogens with one attached hydrogen (secondary N) is 1. The van der Waals surface area contributed by atoms with Gasteiger partial charge in [0, 0.05) is 51.0 Å². The zero-order valence-electron chi connectivity index (χ0n) is 27.5. The first-order valence-corrected chi connectivity index (χ1v) is 15.5. The predicted octanol–water partition coefficient (Wildman–Crippen LogP) is 5.07. The monoisotopic (exact) mass is 672 g/mol. The predicted molar refractivity (Wildman–Crippen MR) is 172 cm³/mol. The molecular formula is C32H39F3N8O5. The molecule has 4 aromatic heterocycles. The number of piperidine rings is 1. The van der Waals surface area contributed by atoms with E-state index < -0.39 is 23.6 Å². The van der Waals surface area contributed by atoms with E-state index in [9.17, 15) is 18.0 Å². The number of anilines is 2. The summed E-state index contributed by atoms with van der Waals surface area (Å²) >= 11 is 0. The topological polar surface area (TPSA) is 152 Å². The number of ether oxygens (including phenoxy) is 3. The summed E-state index contributed by atoms with van der Waals surface area (Å²) in [7, 11) is 3.52. The Morgan fingerprint density at radius 3 is 2.46 bits per heavy atom. The molecule has 4 aromatic rings. The second kappa shape index (κ2) is 14.3. The molecule has 0 aromatic carbocycles. The van der Waals surface area contributed by atoms with Gasteiger partial charge in [-0.05, 0) is 31.9 Å². The van der Waals surface area contributed by atoms with Crippen LogP contribution in [0.25, 0.3) is 33.9 Å². The molecule has 0 saturated carbocycles. The normalized spacial score (nSPS) is 14.5. The third-order valence-electron chi connectivity index (χ3n) is 7.87. The number of methoxy groups -OCH3 is 1. The Kier molecular flexibility index (Phi) is 10.3. The highest BCUT2D eigenvalue weighted by atomic mass is 19.4. The lowest BCUT2D eigenvalue weighted by Crippen LogP contribution is -2.38. The van der Waals surface area contributed by atoms with Crippen LogP contribution in [-0.2, 0) is 20.4 Å². The Morgan fingerprint density at radius 2 is 1.83 bits per heavy atom. The fourth-order valence-corrected chi connectivity index (χ4v) is 5.80. The average Bonchev–Trinajstić information content (AvgIpc) is 3.47. The van der Waals surface area contributed by atoms with Crippen LogP contribution in [0.5, 0.6) is 5.88 Å². The number of aromatic amines is 1. The lowest BCUT2D eigenvalue weighted by atomic mass is 9.94. The minimum Gasteiger partial charge on any atom is -0.480 e. The molecule has 0 atom stereocenters. The number of pyridine rings is 2. The van der Waals surface area contributed by atoms with E-state index in [-0.39, 0.29) is 41.6 Å². The third kappa shape index (κ3) is 8.10. The fourth-order valence-electron chi connectivity index (χ4n) is 5.80. The Morgan fingerprint density at radius 1 is 1.08 bits per heavy atom. The van der Waals surface area contributed by atoms with E-state index in [1.54, 1.807) is 32.5 Å². The maximum Gasteiger partial charge on any atom is 0.421 e. The van der Waals surface area contributed by atoms with Crippen molar-refractivity contribution in [3.05, 3.63) is 36.3 Å². The minimum atomic E-state index is -4.68. The van der Waals surface area contributed by atoms with Crippen molar-refractivity contribution in [2.45, 2.75) is 45.9 Å². The average molecular weight is 673 g/mol. The molecule has 0 aliphatic carbocycles. The van der Waals surface area contributed by atoms with Crippen LogP contribution in [0.1, 0.15) is 39.2 Å². The molecule has 258 valence electrons. The summed E-state index contributed by atoms with van der Waals surface area (Å²) in [5, 5.41) is 8.86. The highest BCUT2D eigenvalue weighted by molar-refractivity contribution is 5.91. The van der Waals surface area contributed by atoms with Gasteiger partial charge < -0.3 is 34.1 Å². The van der Waals surface area contributed by atoms with E-state index in [2.05, 4.69) is 48.7 Å². The van der Waals surface area contributed by atoms with Crippen molar-refractivity contribution < 1.29 is 37.3 Å². The van der Waals surface area contributed by atoms with Gasteiger partial charge in [-0.15, -0.1) is 0 Å². The van der Waals surface area contributed by atoms with Gasteiger partial charge in [-0.2, -0.15) is 13.2 Å². The summed E-state index contributed by atoms with van der Waals surface area (Å²) in [5.41, 5.74) is 1.14. The van der Waals surface area contributed by atoms with Crippen molar-refractivity contribution in [2.75, 3.05) is 63.4 Å². The summed E-state index contributed by atoms with van der Waals surface area (Å²) in [4.78, 5) is 40.6. The minimum absolute atomic E-state index is 0.0355. The first kappa shape index (κ1) is 34.8. The number of rotatable bonds is 13. The van der Waals surface area contributed by atoms with Gasteiger partial charge in [0.05, 0.1) is 43.1 Å². The number of halogens is 3. The Balaban J connectivity index is 1.48. The first-order valence-electron chi connectivity index (χ1n) is 15.5. The van der Waals surface area contributed by atoms with Gasteiger partial charge in [-0.3, -0.25) is 0 Å². The summed E-state index contributed by atoms with van der Waals surface area (Å²) in [6, 6.07) is 2.70. The van der Waals surface area contributed by atoms with Crippen LogP contribution in [0.2, 0.25) is 0 Å². The van der Waals surface area contributed by atoms with Gasteiger partial charge >= 0.3 is 12.1 Å². The second-order valence-corrected chi connectivity index (χ2v) is 12.4. The van der Waals surface area contributed by atoms with Crippen LogP contribution in [-0.4, -0.2) is 101 Å². The van der Waals surface area contributed by atoms with Crippen molar-refractivity contribution in [3.8, 4) is 28.7 Å². The molecule has 0 unspecified atom stereocenters. The second-order valence-electron chi connectivity index (χ2n) is 12.4. The molecule has 2 N–H and O–H groups in total. The van der Waals surface area contributed by atoms with E-state index in [1.807, 2.05) is 11.9 Å². The molecule has 5 heterocycles. The lowest BCUT2D eigenvalue weighted by Gasteiger charge is -2.32. The summed E-state index contributed by atoms with van der Waals surface area (Å²) in [5.74, 6) is -0.431. The van der Waals surface area contributed by atoms with Crippen molar-refractivity contribution in [1.82, 2.24) is 29.9 Å². The quantitative estimate of drug-likeness (QED) is 0.195. The van der Waals surface area contributed by atoms with Crippen LogP contribution in [0.15, 0.2) is 30.7 Å². The molecule has 1 aliphatic heterocycles. The summed E-state index contributed by atoms with van der Waals surface area (Å²) < 4.78 is 57.9. The maximum absolute atomic E-state index is 14.0. The Hall–Kier alpha value is -4.57. The van der Waals surface area contributed by atoms with Crippen LogP contribution in [0.3, 0.4) is 0 Å². The molecule has 1 fully saturated rings. The van der Waals surface area contributed by atoms with Crippen molar-refractivity contribution in [1.29, 1.82) is 0 Å². The Bertz CT molecular complexity index is 1720. The first-order chi connectivity index (χ1) is 22.8. The van der Waals surface area contributed by atoms with E-state index >= 15 is 0 Å². The molecule has 16 heteroatoms. The number of aliphatic carboxylic acids is 1. The van der Waals surface area contributed by atoms with E-state index in [0.29, 0.717) is 67.6 Å². The smallest absolute Gasteiger partial charge is 0.421 e. The molecule has 0 bridgehead atoms. The number of imidazole rings is 1. The van der Waals surface area contributed by atoms with Gasteiger partial charge in [0.15, 0.2) is 11.5 Å². The number of fused-ring (bicyclic) bond motifs is 1. The van der Waals surface area contributed by atoms with E-state index in [4.69, 9.17) is 19.3 Å². The van der Waals surface area contributed by atoms with E-state index in [0.717, 1.165) is 6.07 Å². The molecule has 13 nitrogen and oxygen atoms in total. The van der Waals surface area contributed by atoms with Crippen LogP contribution in [0.4, 0.5) is 24.7 Å². The number of alkyl halides is 3. The zero-order valence-corrected chi connectivity index (χ0v) is 27.5. The van der Waals surface area contributed by atoms with Crippen LogP contribution < -0.4 is 14.5 Å². The molecular weight excluding hydrogens is 633 g/mol. The van der Waals surface area contributed by atoms with Gasteiger partial charge in [0.25, 0.3) is 0 Å². The van der Waals surface area contributed by atoms with Crippen molar-refractivity contribution >= 4 is 28.6 Å². The number of aromatic nitrogens is 6. The van der Waals surface area contributed by atoms with Crippen molar-refractivity contribution in [3.63, 3.8) is 0 Å². The highest BCUT2D eigenvalue weighted by Crippen LogP contribution is 2.39. The summed E-state index contributed by atoms with van der Waals surface area (Å²) in [6.07, 6.45) is 1.08. The van der Waals surface area contributed by atoms with Gasteiger partial charge in [-0.25, -0.2) is 29.7 Å². The van der Waals surface area contributed by atoms with Gasteiger partial charge in [-0.1, -0.05) is 13.8 Å². The molecule has 5 rings (SSSR count). The largest absolute Gasteiger partial charge is 0.480 e. The maximum atomic E-state index is 14.0. The highest BCUT2D eigenvalue weighted by Gasteiger charge is 2.36. The number of hydrogen-bond donors (Lipinski definition) is 2. The number of carbonyl (C=O) groups is 1. The zero-order chi connectivity index (χ0) is 34.6. The third-order valence-corrected chi connectivity index (χ3v) is 7.87. The lowest BCUT2D eigenvalue weighted by molar-refractivity contribution is -0.144. The van der Waals surface area contributed by atoms with E-state index in [1.165, 1.54) is 6.20 Å². The standard InChI is InChI=1S/C32H39F3N8O5/c1-6-47-30-21(32(33,34)35)11-19(13-38-30)22-12-24(42(4)17-31(2,3)18-46-5)27-29(39-22)41-28(40-27)23-14-37-25(15-36-23)43-9-7-20(8-10-43)48-16-26(44)45/h11-15,20H,6-10,16-18H2,1-5H3,(H,44,45)(H,39,40,41). The SMILES string of the molecule is CCOc1ncc(-c2cc(N(C)CC(C)(C)COC)c3[nH]c(-c4cnc(N5CCC(OCC(=O)O)CC5)cn4)nc3n2)cc1C(F)(F)F. The molecule has 48 heavy (non-hydrogen) atoms.